The minimum absolute atomic E-state index is 0.0542. The van der Waals surface area contributed by atoms with Crippen LogP contribution in [-0.4, -0.2) is 62.5 Å². The van der Waals surface area contributed by atoms with Gasteiger partial charge in [0.05, 0.1) is 51.1 Å². The van der Waals surface area contributed by atoms with E-state index in [0.717, 1.165) is 5.56 Å². The van der Waals surface area contributed by atoms with Crippen LogP contribution in [0.4, 0.5) is 0 Å². The summed E-state index contributed by atoms with van der Waals surface area (Å²) >= 11 is 0. The highest BCUT2D eigenvalue weighted by atomic mass is 31.2. The number of hydrogen-bond acceptors (Lipinski definition) is 11. The van der Waals surface area contributed by atoms with Crippen LogP contribution in [0, 0.1) is 17.2 Å². The Balaban J connectivity index is 1.23. The molecule has 2 heterocycles. The molecule has 0 N–H and O–H groups in total. The molecule has 244 valence electrons. The number of phosphoric ester groups is 1. The number of rotatable bonds is 14. The van der Waals surface area contributed by atoms with Gasteiger partial charge in [0.25, 0.3) is 0 Å². The molecule has 3 fully saturated rings. The highest BCUT2D eigenvalue weighted by molar-refractivity contribution is 7.51. The van der Waals surface area contributed by atoms with Gasteiger partial charge < -0.3 is 23.3 Å². The van der Waals surface area contributed by atoms with Crippen molar-refractivity contribution < 1.29 is 46.0 Å². The highest BCUT2D eigenvalue weighted by Crippen LogP contribution is 2.58. The first kappa shape index (κ1) is 32.9. The maximum atomic E-state index is 14.3. The van der Waals surface area contributed by atoms with Crippen molar-refractivity contribution in [2.24, 2.45) is 5.92 Å². The van der Waals surface area contributed by atoms with E-state index in [1.54, 1.807) is 53.2 Å². The van der Waals surface area contributed by atoms with Crippen LogP contribution >= 0.6 is 15.6 Å². The van der Waals surface area contributed by atoms with E-state index in [0.29, 0.717) is 44.2 Å². The van der Waals surface area contributed by atoms with E-state index in [9.17, 15) is 9.13 Å². The molecule has 6 atom stereocenters. The fourth-order valence-electron chi connectivity index (χ4n) is 5.59. The maximum absolute atomic E-state index is 14.3. The second-order valence-electron chi connectivity index (χ2n) is 10.9. The van der Waals surface area contributed by atoms with E-state index in [2.05, 4.69) is 0 Å². The largest absolute Gasteiger partial charge is 0.587 e. The van der Waals surface area contributed by atoms with Crippen LogP contribution in [0.5, 0.6) is 11.5 Å². The maximum Gasteiger partial charge on any atom is 0.587 e. The number of para-hydroxylation sites is 2. The standard InChI is InChI=1S/C32H36N2O10P2/c33-17-10-20-38-45(35,34-18-21-37-22-19-34)44-29-23-26(30-31(29)41-32(40-30)25-11-4-1-5-12-25)24-39-46(36,42-27-13-6-2-7-14-27)43-28-15-8-3-9-16-28/h1-9,11-16,26,29-32H,10,18-24H2/t26-,29+,30-,31+,32-,45?/m1/s1. The van der Waals surface area contributed by atoms with Crippen LogP contribution < -0.4 is 9.05 Å². The van der Waals surface area contributed by atoms with Gasteiger partial charge in [0, 0.05) is 24.6 Å². The third kappa shape index (κ3) is 8.07. The van der Waals surface area contributed by atoms with E-state index < -0.39 is 46.1 Å². The van der Waals surface area contributed by atoms with Crippen LogP contribution in [0.15, 0.2) is 91.0 Å². The Morgan fingerprint density at radius 1 is 0.804 bits per heavy atom. The van der Waals surface area contributed by atoms with Gasteiger partial charge in [-0.25, -0.2) is 13.8 Å². The van der Waals surface area contributed by atoms with Crippen molar-refractivity contribution in [2.45, 2.75) is 37.4 Å². The Morgan fingerprint density at radius 3 is 2.00 bits per heavy atom. The summed E-state index contributed by atoms with van der Waals surface area (Å²) in [6.07, 6.45) is -2.29. The lowest BCUT2D eigenvalue weighted by atomic mass is 10.1. The Labute approximate surface area is 268 Å². The summed E-state index contributed by atoms with van der Waals surface area (Å²) in [6.45, 7) is 1.28. The van der Waals surface area contributed by atoms with Crippen molar-refractivity contribution in [1.82, 2.24) is 4.67 Å². The average Bonchev–Trinajstić information content (AvgIpc) is 3.66. The molecule has 3 aromatic carbocycles. The number of phosphoric acid groups is 1. The number of hydrogen-bond donors (Lipinski definition) is 0. The molecular weight excluding hydrogens is 634 g/mol. The molecular formula is C32H36N2O10P2. The van der Waals surface area contributed by atoms with Gasteiger partial charge in [0.2, 0.25) is 0 Å². The zero-order valence-electron chi connectivity index (χ0n) is 25.1. The van der Waals surface area contributed by atoms with E-state index in [1.807, 2.05) is 48.5 Å². The van der Waals surface area contributed by atoms with Crippen molar-refractivity contribution in [3.05, 3.63) is 96.6 Å². The molecule has 0 amide bonds. The van der Waals surface area contributed by atoms with Crippen molar-refractivity contribution in [1.29, 1.82) is 5.26 Å². The monoisotopic (exact) mass is 670 g/mol. The minimum atomic E-state index is -4.20. The number of ether oxygens (including phenoxy) is 3. The molecule has 14 heteroatoms. The van der Waals surface area contributed by atoms with E-state index in [1.165, 1.54) is 0 Å². The molecule has 2 saturated heterocycles. The number of morpholine rings is 1. The molecule has 0 aromatic heterocycles. The lowest BCUT2D eigenvalue weighted by molar-refractivity contribution is -0.100. The van der Waals surface area contributed by atoms with Gasteiger partial charge in [-0.1, -0.05) is 66.7 Å². The Morgan fingerprint density at radius 2 is 1.39 bits per heavy atom. The summed E-state index contributed by atoms with van der Waals surface area (Å²) in [5.74, 6) is 0.226. The number of nitrogens with zero attached hydrogens (tertiary/aromatic N) is 2. The second kappa shape index (κ2) is 15.2. The van der Waals surface area contributed by atoms with Gasteiger partial charge in [0.15, 0.2) is 6.29 Å². The normalized spacial score (nSPS) is 26.1. The predicted octanol–water partition coefficient (Wildman–Crippen LogP) is 6.53. The molecule has 12 nitrogen and oxygen atoms in total. The molecule has 1 aliphatic carbocycles. The summed E-state index contributed by atoms with van der Waals surface area (Å²) in [5, 5.41) is 9.08. The first-order valence-electron chi connectivity index (χ1n) is 15.2. The third-order valence-corrected chi connectivity index (χ3v) is 11.2. The van der Waals surface area contributed by atoms with E-state index >= 15 is 0 Å². The predicted molar refractivity (Wildman–Crippen MR) is 166 cm³/mol. The summed E-state index contributed by atoms with van der Waals surface area (Å²) in [4.78, 5) is 0. The van der Waals surface area contributed by atoms with Crippen LogP contribution in [0.2, 0.25) is 0 Å². The van der Waals surface area contributed by atoms with Crippen molar-refractivity contribution >= 4 is 15.6 Å². The quantitative estimate of drug-likeness (QED) is 0.136. The van der Waals surface area contributed by atoms with Gasteiger partial charge in [-0.3, -0.25) is 13.6 Å². The highest BCUT2D eigenvalue weighted by Gasteiger charge is 2.55. The molecule has 46 heavy (non-hydrogen) atoms. The smallest absolute Gasteiger partial charge is 0.395 e. The van der Waals surface area contributed by atoms with Gasteiger partial charge in [0.1, 0.15) is 17.6 Å². The van der Waals surface area contributed by atoms with Crippen molar-refractivity contribution in [3.8, 4) is 17.6 Å². The molecule has 6 rings (SSSR count). The molecule has 3 aromatic rings. The van der Waals surface area contributed by atoms with Crippen LogP contribution in [0.3, 0.4) is 0 Å². The zero-order valence-corrected chi connectivity index (χ0v) is 26.9. The summed E-state index contributed by atoms with van der Waals surface area (Å²) in [6, 6.07) is 28.8. The fraction of sp³-hybridized carbons (Fsp3) is 0.406. The van der Waals surface area contributed by atoms with E-state index in [4.69, 9.17) is 42.1 Å². The van der Waals surface area contributed by atoms with Gasteiger partial charge in [-0.15, -0.1) is 0 Å². The van der Waals surface area contributed by atoms with Gasteiger partial charge in [-0.05, 0) is 30.7 Å². The first-order chi connectivity index (χ1) is 22.4. The van der Waals surface area contributed by atoms with Gasteiger partial charge >= 0.3 is 15.6 Å². The summed E-state index contributed by atoms with van der Waals surface area (Å²) in [7, 11) is -8.06. The van der Waals surface area contributed by atoms with E-state index in [-0.39, 0.29) is 19.6 Å². The Kier molecular flexibility index (Phi) is 10.9. The third-order valence-electron chi connectivity index (χ3n) is 7.76. The van der Waals surface area contributed by atoms with Crippen molar-refractivity contribution in [3.63, 3.8) is 0 Å². The molecule has 1 unspecified atom stereocenters. The Bertz CT molecular complexity index is 1490. The molecule has 2 aliphatic heterocycles. The molecule has 0 radical (unpaired) electrons. The Hall–Kier alpha value is -3.07. The molecule has 3 aliphatic rings. The lowest BCUT2D eigenvalue weighted by Gasteiger charge is -2.34. The first-order valence-corrected chi connectivity index (χ1v) is 18.1. The fourth-order valence-corrected chi connectivity index (χ4v) is 8.74. The lowest BCUT2D eigenvalue weighted by Crippen LogP contribution is -2.37. The zero-order chi connectivity index (χ0) is 31.8. The molecule has 0 bridgehead atoms. The molecule has 0 spiro atoms. The summed E-state index contributed by atoms with van der Waals surface area (Å²) in [5.41, 5.74) is 0.808. The SMILES string of the molecule is N#CCCOP(=O)(O[C@H]1C[C@H](COP(=O)(Oc2ccccc2)Oc2ccccc2)[C@H]2O[C@@H](c3ccccc3)O[C@H]21)N1CCOCC1. The number of fused-ring (bicyclic) bond motifs is 1. The van der Waals surface area contributed by atoms with Crippen LogP contribution in [0.1, 0.15) is 24.7 Å². The summed E-state index contributed by atoms with van der Waals surface area (Å²) < 4.78 is 78.0. The van der Waals surface area contributed by atoms with Crippen molar-refractivity contribution in [2.75, 3.05) is 39.5 Å². The minimum Gasteiger partial charge on any atom is -0.395 e. The average molecular weight is 671 g/mol. The molecule has 1 saturated carbocycles. The number of benzene rings is 3. The second-order valence-corrected chi connectivity index (χ2v) is 14.4. The van der Waals surface area contributed by atoms with Crippen LogP contribution in [0.25, 0.3) is 0 Å². The van der Waals surface area contributed by atoms with Gasteiger partial charge in [-0.2, -0.15) is 5.26 Å². The topological polar surface area (TPSA) is 135 Å². The van der Waals surface area contributed by atoms with Crippen LogP contribution in [-0.2, 0) is 36.9 Å². The number of nitriles is 1.